The van der Waals surface area contributed by atoms with Gasteiger partial charge in [0, 0.05) is 46.8 Å². The minimum Gasteiger partial charge on any atom is -0.453 e. The van der Waals surface area contributed by atoms with Gasteiger partial charge in [0.15, 0.2) is 5.96 Å². The number of aliphatic imine (C=N–C) groups is 1. The lowest BCUT2D eigenvalue weighted by Gasteiger charge is -2.34. The maximum atomic E-state index is 12.7. The summed E-state index contributed by atoms with van der Waals surface area (Å²) in [5.41, 5.74) is -0.324. The fraction of sp³-hybridized carbons (Fsp3) is 0.833. The topological polar surface area (TPSA) is 86.3 Å². The van der Waals surface area contributed by atoms with Crippen LogP contribution < -0.4 is 10.6 Å². The quantitative estimate of drug-likeness (QED) is 0.573. The molecule has 8 nitrogen and oxygen atoms in total. The molecule has 0 aromatic carbocycles. The molecular formula is C18H33N5O3. The molecule has 2 rings (SSSR count). The van der Waals surface area contributed by atoms with E-state index in [1.165, 1.54) is 7.11 Å². The van der Waals surface area contributed by atoms with Crippen molar-refractivity contribution in [1.29, 1.82) is 0 Å². The molecule has 0 radical (unpaired) electrons. The number of hydrogen-bond acceptors (Lipinski definition) is 4. The highest BCUT2D eigenvalue weighted by Gasteiger charge is 2.42. The van der Waals surface area contributed by atoms with Gasteiger partial charge in [0.05, 0.1) is 12.5 Å². The van der Waals surface area contributed by atoms with E-state index in [2.05, 4.69) is 15.6 Å². The Morgan fingerprint density at radius 2 is 1.85 bits per heavy atom. The van der Waals surface area contributed by atoms with Crippen LogP contribution in [0.3, 0.4) is 0 Å². The van der Waals surface area contributed by atoms with E-state index >= 15 is 0 Å². The van der Waals surface area contributed by atoms with Crippen molar-refractivity contribution in [2.24, 2.45) is 10.4 Å². The number of amides is 2. The van der Waals surface area contributed by atoms with Crippen LogP contribution in [0.4, 0.5) is 4.79 Å². The number of methoxy groups -OCH3 is 1. The van der Waals surface area contributed by atoms with Gasteiger partial charge in [-0.3, -0.25) is 9.79 Å². The van der Waals surface area contributed by atoms with Crippen molar-refractivity contribution < 1.29 is 14.3 Å². The number of nitrogens with zero attached hydrogens (tertiary/aromatic N) is 3. The van der Waals surface area contributed by atoms with E-state index in [-0.39, 0.29) is 23.5 Å². The average Bonchev–Trinajstić information content (AvgIpc) is 3.14. The van der Waals surface area contributed by atoms with Crippen molar-refractivity contribution in [3.63, 3.8) is 0 Å². The Hall–Kier alpha value is -1.99. The standard InChI is InChI=1S/C18H33N5O3/c1-19-16(21-14-7-11-23(12-8-14)17(25)26-4)20-13-18(9-5-6-10-18)15(24)22(2)3/h14H,5-13H2,1-4H3,(H2,19,20,21). The van der Waals surface area contributed by atoms with E-state index in [1.807, 2.05) is 14.1 Å². The van der Waals surface area contributed by atoms with Crippen LogP contribution in [0.25, 0.3) is 0 Å². The van der Waals surface area contributed by atoms with Crippen LogP contribution >= 0.6 is 0 Å². The molecule has 0 unspecified atom stereocenters. The van der Waals surface area contributed by atoms with Crippen molar-refractivity contribution in [3.8, 4) is 0 Å². The highest BCUT2D eigenvalue weighted by atomic mass is 16.5. The Morgan fingerprint density at radius 3 is 2.35 bits per heavy atom. The van der Waals surface area contributed by atoms with Crippen LogP contribution in [-0.2, 0) is 9.53 Å². The maximum Gasteiger partial charge on any atom is 0.409 e. The Labute approximate surface area is 156 Å². The van der Waals surface area contributed by atoms with E-state index in [1.54, 1.807) is 16.8 Å². The van der Waals surface area contributed by atoms with Gasteiger partial charge >= 0.3 is 6.09 Å². The normalized spacial score (nSPS) is 20.6. The highest BCUT2D eigenvalue weighted by molar-refractivity contribution is 5.85. The Morgan fingerprint density at radius 1 is 1.23 bits per heavy atom. The first-order chi connectivity index (χ1) is 12.4. The summed E-state index contributed by atoms with van der Waals surface area (Å²) in [4.78, 5) is 32.0. The van der Waals surface area contributed by atoms with E-state index in [0.717, 1.165) is 44.5 Å². The molecule has 1 saturated carbocycles. The van der Waals surface area contributed by atoms with Crippen LogP contribution in [0.5, 0.6) is 0 Å². The monoisotopic (exact) mass is 367 g/mol. The third-order valence-electron chi connectivity index (χ3n) is 5.51. The molecule has 0 spiro atoms. The molecule has 0 aromatic rings. The molecule has 0 bridgehead atoms. The number of guanidine groups is 1. The van der Waals surface area contributed by atoms with Gasteiger partial charge in [-0.1, -0.05) is 12.8 Å². The predicted octanol–water partition coefficient (Wildman–Crippen LogP) is 1.03. The Kier molecular flexibility index (Phi) is 7.11. The second kappa shape index (κ2) is 9.09. The van der Waals surface area contributed by atoms with Crippen LogP contribution in [0.1, 0.15) is 38.5 Å². The van der Waals surface area contributed by atoms with Crippen LogP contribution in [0.2, 0.25) is 0 Å². The van der Waals surface area contributed by atoms with Crippen molar-refractivity contribution >= 4 is 18.0 Å². The van der Waals surface area contributed by atoms with Gasteiger partial charge in [-0.15, -0.1) is 0 Å². The summed E-state index contributed by atoms with van der Waals surface area (Å²) in [6.45, 7) is 1.94. The summed E-state index contributed by atoms with van der Waals surface area (Å²) in [5.74, 6) is 0.920. The van der Waals surface area contributed by atoms with Gasteiger partial charge in [-0.2, -0.15) is 0 Å². The van der Waals surface area contributed by atoms with Crippen molar-refractivity contribution in [1.82, 2.24) is 20.4 Å². The number of carbonyl (C=O) groups is 2. The van der Waals surface area contributed by atoms with Gasteiger partial charge < -0.3 is 25.2 Å². The third-order valence-corrected chi connectivity index (χ3v) is 5.51. The lowest BCUT2D eigenvalue weighted by atomic mass is 9.84. The summed E-state index contributed by atoms with van der Waals surface area (Å²) >= 11 is 0. The summed E-state index contributed by atoms with van der Waals surface area (Å²) < 4.78 is 4.77. The Balaban J connectivity index is 1.86. The zero-order valence-electron chi connectivity index (χ0n) is 16.5. The molecule has 2 fully saturated rings. The summed E-state index contributed by atoms with van der Waals surface area (Å²) in [6, 6.07) is 0.256. The minimum atomic E-state index is -0.324. The molecule has 2 aliphatic rings. The second-order valence-electron chi connectivity index (χ2n) is 7.49. The molecule has 0 atom stereocenters. The smallest absolute Gasteiger partial charge is 0.409 e. The number of likely N-dealkylation sites (tertiary alicyclic amines) is 1. The SMILES string of the molecule is CN=C(NCC1(C(=O)N(C)C)CCCC1)NC1CCN(C(=O)OC)CC1. The predicted molar refractivity (Wildman–Crippen MR) is 101 cm³/mol. The van der Waals surface area contributed by atoms with Gasteiger partial charge in [0.25, 0.3) is 0 Å². The molecule has 148 valence electrons. The largest absolute Gasteiger partial charge is 0.453 e. The second-order valence-corrected chi connectivity index (χ2v) is 7.49. The van der Waals surface area contributed by atoms with Gasteiger partial charge in [-0.05, 0) is 25.7 Å². The molecule has 1 aliphatic carbocycles. The molecule has 0 aromatic heterocycles. The highest BCUT2D eigenvalue weighted by Crippen LogP contribution is 2.38. The van der Waals surface area contributed by atoms with Crippen molar-refractivity contribution in [2.45, 2.75) is 44.6 Å². The molecular weight excluding hydrogens is 334 g/mol. The number of nitrogens with one attached hydrogen (secondary N) is 2. The maximum absolute atomic E-state index is 12.7. The lowest BCUT2D eigenvalue weighted by Crippen LogP contribution is -2.53. The van der Waals surface area contributed by atoms with Crippen LogP contribution in [0, 0.1) is 5.41 Å². The van der Waals surface area contributed by atoms with E-state index in [4.69, 9.17) is 4.74 Å². The van der Waals surface area contributed by atoms with E-state index in [9.17, 15) is 9.59 Å². The zero-order valence-corrected chi connectivity index (χ0v) is 16.5. The summed E-state index contributed by atoms with van der Waals surface area (Å²) in [6.07, 6.45) is 5.46. The van der Waals surface area contributed by atoms with E-state index < -0.39 is 0 Å². The fourth-order valence-corrected chi connectivity index (χ4v) is 3.97. The first kappa shape index (κ1) is 20.3. The van der Waals surface area contributed by atoms with Crippen LogP contribution in [-0.4, -0.2) is 81.7 Å². The number of rotatable bonds is 4. The zero-order chi connectivity index (χ0) is 19.2. The fourth-order valence-electron chi connectivity index (χ4n) is 3.97. The van der Waals surface area contributed by atoms with Gasteiger partial charge in [-0.25, -0.2) is 4.79 Å². The average molecular weight is 367 g/mol. The van der Waals surface area contributed by atoms with Gasteiger partial charge in [0.1, 0.15) is 0 Å². The van der Waals surface area contributed by atoms with Crippen LogP contribution in [0.15, 0.2) is 4.99 Å². The number of piperidine rings is 1. The third kappa shape index (κ3) is 4.80. The number of carbonyl (C=O) groups excluding carboxylic acids is 2. The first-order valence-corrected chi connectivity index (χ1v) is 9.43. The molecule has 2 N–H and O–H groups in total. The number of hydrogen-bond donors (Lipinski definition) is 2. The Bertz CT molecular complexity index is 521. The molecule has 1 saturated heterocycles. The van der Waals surface area contributed by atoms with Crippen molar-refractivity contribution in [2.75, 3.05) is 47.9 Å². The minimum absolute atomic E-state index is 0.198. The lowest BCUT2D eigenvalue weighted by molar-refractivity contribution is -0.138. The van der Waals surface area contributed by atoms with Gasteiger partial charge in [0.2, 0.25) is 5.91 Å². The molecule has 2 amide bonds. The number of ether oxygens (including phenoxy) is 1. The summed E-state index contributed by atoms with van der Waals surface area (Å²) in [7, 11) is 6.80. The van der Waals surface area contributed by atoms with Crippen molar-refractivity contribution in [3.05, 3.63) is 0 Å². The van der Waals surface area contributed by atoms with E-state index in [0.29, 0.717) is 19.6 Å². The molecule has 1 heterocycles. The first-order valence-electron chi connectivity index (χ1n) is 9.43. The summed E-state index contributed by atoms with van der Waals surface area (Å²) in [5, 5.41) is 6.79. The molecule has 1 aliphatic heterocycles. The molecule has 8 heteroatoms. The molecule has 26 heavy (non-hydrogen) atoms.